The molecule has 0 spiro atoms. The van der Waals surface area contributed by atoms with E-state index in [2.05, 4.69) is 4.98 Å². The Morgan fingerprint density at radius 1 is 1.38 bits per heavy atom. The van der Waals surface area contributed by atoms with Gasteiger partial charge >= 0.3 is 5.97 Å². The minimum absolute atomic E-state index is 0.0988. The largest absolute Gasteiger partial charge is 0.481 e. The summed E-state index contributed by atoms with van der Waals surface area (Å²) in [5.74, 6) is -2.05. The first-order chi connectivity index (χ1) is 9.93. The molecule has 0 saturated carbocycles. The van der Waals surface area contributed by atoms with Gasteiger partial charge < -0.3 is 14.7 Å². The van der Waals surface area contributed by atoms with E-state index in [9.17, 15) is 14.7 Å². The van der Waals surface area contributed by atoms with E-state index in [1.54, 1.807) is 6.92 Å². The molecule has 1 aromatic heterocycles. The molecule has 2 rings (SSSR count). The molecule has 2 atom stereocenters. The zero-order chi connectivity index (χ0) is 15.6. The molecule has 21 heavy (non-hydrogen) atoms. The highest BCUT2D eigenvalue weighted by Crippen LogP contribution is 2.23. The van der Waals surface area contributed by atoms with Crippen molar-refractivity contribution >= 4 is 35.1 Å². The molecule has 1 aliphatic rings. The van der Waals surface area contributed by atoms with Crippen molar-refractivity contribution in [1.29, 1.82) is 0 Å². The number of ether oxygens (including phenoxy) is 1. The van der Waals surface area contributed by atoms with Crippen LogP contribution < -0.4 is 0 Å². The van der Waals surface area contributed by atoms with E-state index in [1.807, 2.05) is 0 Å². The number of carboxylic acid groups (broad SMARTS) is 1. The fourth-order valence-corrected chi connectivity index (χ4v) is 2.83. The van der Waals surface area contributed by atoms with Gasteiger partial charge in [-0.15, -0.1) is 0 Å². The summed E-state index contributed by atoms with van der Waals surface area (Å²) < 4.78 is 5.21. The third-order valence-electron chi connectivity index (χ3n) is 3.38. The number of likely N-dealkylation sites (N-methyl/N-ethyl adjacent to an activating group) is 1. The van der Waals surface area contributed by atoms with Crippen molar-refractivity contribution in [2.24, 2.45) is 5.92 Å². The molecule has 0 aromatic carbocycles. The Balaban J connectivity index is 2.28. The molecule has 1 N–H and O–H groups in total. The number of carbonyl (C=O) groups excluding carboxylic acids is 1. The first-order valence-corrected chi connectivity index (χ1v) is 7.14. The Morgan fingerprint density at radius 3 is 2.52 bits per heavy atom. The van der Waals surface area contributed by atoms with Gasteiger partial charge in [-0.05, 0) is 19.1 Å². The number of carboxylic acids is 1. The number of nitrogens with zero attached hydrogens (tertiary/aromatic N) is 2. The van der Waals surface area contributed by atoms with Gasteiger partial charge in [-0.3, -0.25) is 9.59 Å². The third kappa shape index (κ3) is 3.45. The number of hydrogen-bond donors (Lipinski definition) is 1. The smallest absolute Gasteiger partial charge is 0.311 e. The average Bonchev–Trinajstić information content (AvgIpc) is 2.87. The minimum Gasteiger partial charge on any atom is -0.481 e. The molecule has 1 amide bonds. The van der Waals surface area contributed by atoms with Crippen molar-refractivity contribution in [1.82, 2.24) is 9.88 Å². The average molecular weight is 333 g/mol. The molecule has 0 bridgehead atoms. The van der Waals surface area contributed by atoms with Crippen LogP contribution in [0.15, 0.2) is 12.1 Å². The maximum absolute atomic E-state index is 12.6. The maximum Gasteiger partial charge on any atom is 0.311 e. The van der Waals surface area contributed by atoms with Crippen LogP contribution in [0.5, 0.6) is 0 Å². The maximum atomic E-state index is 12.6. The van der Waals surface area contributed by atoms with Gasteiger partial charge in [0.05, 0.1) is 19.3 Å². The van der Waals surface area contributed by atoms with Crippen molar-refractivity contribution in [3.63, 3.8) is 0 Å². The molecule has 114 valence electrons. The van der Waals surface area contributed by atoms with Crippen molar-refractivity contribution < 1.29 is 19.4 Å². The van der Waals surface area contributed by atoms with E-state index >= 15 is 0 Å². The Labute approximate surface area is 131 Å². The van der Waals surface area contributed by atoms with Crippen molar-refractivity contribution in [2.45, 2.75) is 13.0 Å². The molecule has 2 unspecified atom stereocenters. The number of amides is 1. The lowest BCUT2D eigenvalue weighted by Gasteiger charge is -2.29. The second-order valence-corrected chi connectivity index (χ2v) is 5.42. The van der Waals surface area contributed by atoms with E-state index < -0.39 is 17.9 Å². The van der Waals surface area contributed by atoms with Gasteiger partial charge in [0, 0.05) is 12.1 Å². The van der Waals surface area contributed by atoms with Gasteiger partial charge in [0.25, 0.3) is 5.91 Å². The molecular weight excluding hydrogens is 319 g/mol. The summed E-state index contributed by atoms with van der Waals surface area (Å²) in [6.45, 7) is 2.43. The van der Waals surface area contributed by atoms with Gasteiger partial charge in [0.2, 0.25) is 0 Å². The summed E-state index contributed by atoms with van der Waals surface area (Å²) in [4.78, 5) is 29.0. The molecule has 8 heteroatoms. The lowest BCUT2D eigenvalue weighted by molar-refractivity contribution is -0.142. The van der Waals surface area contributed by atoms with Crippen LogP contribution in [0.25, 0.3) is 0 Å². The zero-order valence-electron chi connectivity index (χ0n) is 11.3. The number of carbonyl (C=O) groups is 2. The molecule has 1 fully saturated rings. The number of halogens is 2. The number of rotatable bonds is 4. The normalized spacial score (nSPS) is 21.3. The second kappa shape index (κ2) is 6.60. The van der Waals surface area contributed by atoms with Crippen LogP contribution in [0.3, 0.4) is 0 Å². The van der Waals surface area contributed by atoms with E-state index in [4.69, 9.17) is 27.9 Å². The van der Waals surface area contributed by atoms with Gasteiger partial charge in [-0.2, -0.15) is 0 Å². The Hall–Kier alpha value is -1.37. The highest BCUT2D eigenvalue weighted by Gasteiger charge is 2.39. The van der Waals surface area contributed by atoms with Crippen LogP contribution in [0.1, 0.15) is 17.3 Å². The Kier molecular flexibility index (Phi) is 5.03. The van der Waals surface area contributed by atoms with Gasteiger partial charge in [0.1, 0.15) is 16.2 Å². The molecule has 6 nitrogen and oxygen atoms in total. The molecule has 0 aliphatic carbocycles. The summed E-state index contributed by atoms with van der Waals surface area (Å²) >= 11 is 11.6. The van der Waals surface area contributed by atoms with Crippen molar-refractivity contribution in [2.75, 3.05) is 19.8 Å². The summed E-state index contributed by atoms with van der Waals surface area (Å²) in [6.07, 6.45) is 0. The standard InChI is InChI=1S/C13H14Cl2N2O4/c1-2-17(9-6-21-5-8(9)13(19)20)12(18)7-3-10(14)16-11(15)4-7/h3-4,8-9H,2,5-6H2,1H3,(H,19,20). The number of hydrogen-bond acceptors (Lipinski definition) is 4. The predicted octanol–water partition coefficient (Wildman–Crippen LogP) is 1.95. The fourth-order valence-electron chi connectivity index (χ4n) is 2.37. The van der Waals surface area contributed by atoms with Crippen LogP contribution in [0.2, 0.25) is 10.3 Å². The zero-order valence-corrected chi connectivity index (χ0v) is 12.8. The summed E-state index contributed by atoms with van der Waals surface area (Å²) in [5.41, 5.74) is 0.276. The van der Waals surface area contributed by atoms with E-state index in [0.29, 0.717) is 6.54 Å². The fraction of sp³-hybridized carbons (Fsp3) is 0.462. The number of pyridine rings is 1. The van der Waals surface area contributed by atoms with Gasteiger partial charge in [0.15, 0.2) is 0 Å². The van der Waals surface area contributed by atoms with Crippen LogP contribution >= 0.6 is 23.2 Å². The predicted molar refractivity (Wildman–Crippen MR) is 76.7 cm³/mol. The quantitative estimate of drug-likeness (QED) is 0.852. The van der Waals surface area contributed by atoms with Gasteiger partial charge in [-0.1, -0.05) is 23.2 Å². The van der Waals surface area contributed by atoms with Crippen molar-refractivity contribution in [3.8, 4) is 0 Å². The molecule has 0 radical (unpaired) electrons. The third-order valence-corrected chi connectivity index (χ3v) is 3.77. The summed E-state index contributed by atoms with van der Waals surface area (Å²) in [7, 11) is 0. The van der Waals surface area contributed by atoms with Crippen LogP contribution in [0.4, 0.5) is 0 Å². The van der Waals surface area contributed by atoms with Gasteiger partial charge in [-0.25, -0.2) is 4.98 Å². The van der Waals surface area contributed by atoms with E-state index in [1.165, 1.54) is 17.0 Å². The SMILES string of the molecule is CCN(C(=O)c1cc(Cl)nc(Cl)c1)C1COCC1C(=O)O. The Morgan fingerprint density at radius 2 is 2.00 bits per heavy atom. The topological polar surface area (TPSA) is 79.7 Å². The second-order valence-electron chi connectivity index (χ2n) is 4.64. The molecule has 1 saturated heterocycles. The number of aromatic nitrogens is 1. The highest BCUT2D eigenvalue weighted by molar-refractivity contribution is 6.33. The Bertz CT molecular complexity index is 547. The monoisotopic (exact) mass is 332 g/mol. The molecular formula is C13H14Cl2N2O4. The number of aliphatic carboxylic acids is 1. The van der Waals surface area contributed by atoms with Crippen LogP contribution in [0, 0.1) is 5.92 Å². The lowest BCUT2D eigenvalue weighted by Crippen LogP contribution is -2.46. The summed E-state index contributed by atoms with van der Waals surface area (Å²) in [5, 5.41) is 9.42. The van der Waals surface area contributed by atoms with E-state index in [-0.39, 0.29) is 35.0 Å². The first kappa shape index (κ1) is 16.0. The molecule has 1 aromatic rings. The van der Waals surface area contributed by atoms with Crippen LogP contribution in [-0.2, 0) is 9.53 Å². The molecule has 1 aliphatic heterocycles. The lowest BCUT2D eigenvalue weighted by atomic mass is 10.0. The highest BCUT2D eigenvalue weighted by atomic mass is 35.5. The van der Waals surface area contributed by atoms with Crippen LogP contribution in [-0.4, -0.2) is 52.7 Å². The summed E-state index contributed by atoms with van der Waals surface area (Å²) in [6, 6.07) is 2.30. The van der Waals surface area contributed by atoms with E-state index in [0.717, 1.165) is 0 Å². The van der Waals surface area contributed by atoms with Crippen molar-refractivity contribution in [3.05, 3.63) is 28.0 Å². The minimum atomic E-state index is -0.977. The molecule has 2 heterocycles. The first-order valence-electron chi connectivity index (χ1n) is 6.38.